The van der Waals surface area contributed by atoms with Crippen LogP contribution in [-0.4, -0.2) is 27.4 Å². The third kappa shape index (κ3) is 4.38. The molecular formula is C19H18BrN3OS. The highest BCUT2D eigenvalue weighted by atomic mass is 79.9. The smallest absolute Gasteiger partial charge is 0.242 e. The van der Waals surface area contributed by atoms with Crippen LogP contribution in [0.2, 0.25) is 0 Å². The Kier molecular flexibility index (Phi) is 5.71. The predicted molar refractivity (Wildman–Crippen MR) is 108 cm³/mol. The van der Waals surface area contributed by atoms with E-state index in [1.54, 1.807) is 11.1 Å². The molecule has 1 unspecified atom stereocenters. The highest BCUT2D eigenvalue weighted by molar-refractivity contribution is 9.10. The molecule has 0 bridgehead atoms. The van der Waals surface area contributed by atoms with Crippen LogP contribution in [0, 0.1) is 6.92 Å². The summed E-state index contributed by atoms with van der Waals surface area (Å²) in [5.74, 6) is 0.0749. The van der Waals surface area contributed by atoms with Crippen molar-refractivity contribution in [3.63, 3.8) is 0 Å². The van der Waals surface area contributed by atoms with Crippen LogP contribution in [-0.2, 0) is 11.3 Å². The number of hydrogen-bond donors (Lipinski definition) is 0. The molecule has 1 heterocycles. The van der Waals surface area contributed by atoms with Crippen molar-refractivity contribution in [3.05, 3.63) is 69.7 Å². The minimum Gasteiger partial charge on any atom is -0.284 e. The summed E-state index contributed by atoms with van der Waals surface area (Å²) in [5.41, 5.74) is 3.24. The van der Waals surface area contributed by atoms with Gasteiger partial charge in [-0.25, -0.2) is 0 Å². The number of hydrogen-bond acceptors (Lipinski definition) is 4. The number of carbonyl (C=O) groups is 1. The Morgan fingerprint density at radius 1 is 1.20 bits per heavy atom. The quantitative estimate of drug-likeness (QED) is 0.540. The van der Waals surface area contributed by atoms with Crippen LogP contribution >= 0.6 is 27.7 Å². The Labute approximate surface area is 160 Å². The van der Waals surface area contributed by atoms with Gasteiger partial charge in [0.15, 0.2) is 5.17 Å². The lowest BCUT2D eigenvalue weighted by Gasteiger charge is -2.16. The minimum absolute atomic E-state index is 0.0749. The van der Waals surface area contributed by atoms with E-state index in [9.17, 15) is 4.79 Å². The van der Waals surface area contributed by atoms with E-state index < -0.39 is 0 Å². The van der Waals surface area contributed by atoms with Gasteiger partial charge in [-0.15, -0.1) is 5.10 Å². The van der Waals surface area contributed by atoms with Crippen LogP contribution in [0.15, 0.2) is 63.2 Å². The molecule has 0 radical (unpaired) electrons. The van der Waals surface area contributed by atoms with Gasteiger partial charge < -0.3 is 0 Å². The summed E-state index contributed by atoms with van der Waals surface area (Å²) in [6.45, 7) is 4.48. The second kappa shape index (κ2) is 7.97. The zero-order valence-corrected chi connectivity index (χ0v) is 16.4. The maximum Gasteiger partial charge on any atom is 0.242 e. The summed E-state index contributed by atoms with van der Waals surface area (Å²) in [5, 5.41) is 8.97. The highest BCUT2D eigenvalue weighted by Crippen LogP contribution is 2.29. The third-order valence-electron chi connectivity index (χ3n) is 3.94. The van der Waals surface area contributed by atoms with Crippen LogP contribution in [0.3, 0.4) is 0 Å². The molecule has 0 spiro atoms. The molecule has 128 valence electrons. The lowest BCUT2D eigenvalue weighted by molar-refractivity contribution is -0.126. The Bertz CT molecular complexity index is 833. The molecule has 6 heteroatoms. The van der Waals surface area contributed by atoms with Crippen molar-refractivity contribution in [2.75, 3.05) is 0 Å². The predicted octanol–water partition coefficient (Wildman–Crippen LogP) is 4.61. The third-order valence-corrected chi connectivity index (χ3v) is 5.53. The maximum atomic E-state index is 12.5. The van der Waals surface area contributed by atoms with Crippen LogP contribution in [0.1, 0.15) is 23.6 Å². The van der Waals surface area contributed by atoms with Crippen molar-refractivity contribution in [1.29, 1.82) is 0 Å². The second-order valence-corrected chi connectivity index (χ2v) is 8.01. The van der Waals surface area contributed by atoms with Gasteiger partial charge in [0, 0.05) is 4.47 Å². The van der Waals surface area contributed by atoms with Gasteiger partial charge in [-0.2, -0.15) is 5.10 Å². The Balaban J connectivity index is 1.79. The van der Waals surface area contributed by atoms with Gasteiger partial charge in [0.1, 0.15) is 0 Å². The summed E-state index contributed by atoms with van der Waals surface area (Å²) in [7, 11) is 0. The number of thioether (sulfide) groups is 1. The van der Waals surface area contributed by atoms with Crippen LogP contribution in [0.4, 0.5) is 0 Å². The lowest BCUT2D eigenvalue weighted by Crippen LogP contribution is -2.31. The van der Waals surface area contributed by atoms with Crippen molar-refractivity contribution in [3.8, 4) is 0 Å². The average Bonchev–Trinajstić information content (AvgIpc) is 2.86. The molecule has 0 saturated carbocycles. The first-order chi connectivity index (χ1) is 12.0. The van der Waals surface area contributed by atoms with Crippen molar-refractivity contribution in [2.45, 2.75) is 25.6 Å². The minimum atomic E-state index is -0.134. The summed E-state index contributed by atoms with van der Waals surface area (Å²) in [4.78, 5) is 14.2. The Morgan fingerprint density at radius 2 is 1.92 bits per heavy atom. The fraction of sp³-hybridized carbons (Fsp3) is 0.211. The van der Waals surface area contributed by atoms with E-state index in [1.807, 2.05) is 49.4 Å². The Hall–Kier alpha value is -1.92. The highest BCUT2D eigenvalue weighted by Gasteiger charge is 2.35. The molecule has 1 aliphatic heterocycles. The van der Waals surface area contributed by atoms with Crippen LogP contribution in [0.5, 0.6) is 0 Å². The molecular weight excluding hydrogens is 398 g/mol. The molecule has 0 aliphatic carbocycles. The number of carbonyl (C=O) groups excluding carboxylic acids is 1. The van der Waals surface area contributed by atoms with Crippen molar-refractivity contribution in [1.82, 2.24) is 4.90 Å². The molecule has 25 heavy (non-hydrogen) atoms. The van der Waals surface area contributed by atoms with Gasteiger partial charge in [-0.05, 0) is 42.7 Å². The molecule has 2 aromatic rings. The number of halogens is 1. The van der Waals surface area contributed by atoms with E-state index in [1.165, 1.54) is 11.8 Å². The zero-order chi connectivity index (χ0) is 17.8. The van der Waals surface area contributed by atoms with E-state index in [2.05, 4.69) is 39.1 Å². The van der Waals surface area contributed by atoms with Gasteiger partial charge in [-0.3, -0.25) is 9.69 Å². The molecule has 1 fully saturated rings. The van der Waals surface area contributed by atoms with Gasteiger partial charge in [0.25, 0.3) is 0 Å². The normalized spacial score (nSPS) is 19.3. The van der Waals surface area contributed by atoms with Crippen molar-refractivity contribution < 1.29 is 4.79 Å². The number of amides is 1. The van der Waals surface area contributed by atoms with E-state index >= 15 is 0 Å². The number of nitrogens with zero attached hydrogens (tertiary/aromatic N) is 3. The monoisotopic (exact) mass is 415 g/mol. The van der Waals surface area contributed by atoms with Crippen molar-refractivity contribution in [2.24, 2.45) is 10.2 Å². The molecule has 1 saturated heterocycles. The van der Waals surface area contributed by atoms with Gasteiger partial charge in [-0.1, -0.05) is 64.1 Å². The van der Waals surface area contributed by atoms with Crippen molar-refractivity contribution >= 4 is 45.0 Å². The standard InChI is InChI=1S/C19H18BrN3OS/c1-13-5-3-4-6-16(13)12-23-18(24)14(2)25-19(23)22-21-11-15-7-9-17(20)10-8-15/h3-11,14H,12H2,1-2H3. The van der Waals surface area contributed by atoms with E-state index in [4.69, 9.17) is 0 Å². The van der Waals surface area contributed by atoms with E-state index in [-0.39, 0.29) is 11.2 Å². The number of amidine groups is 1. The molecule has 0 N–H and O–H groups in total. The molecule has 1 atom stereocenters. The van der Waals surface area contributed by atoms with Gasteiger partial charge in [0.2, 0.25) is 5.91 Å². The summed E-state index contributed by atoms with van der Waals surface area (Å²) in [6.07, 6.45) is 1.69. The number of aryl methyl sites for hydroxylation is 1. The number of rotatable bonds is 4. The molecule has 3 rings (SSSR count). The number of benzene rings is 2. The second-order valence-electron chi connectivity index (χ2n) is 5.79. The molecule has 1 aliphatic rings. The topological polar surface area (TPSA) is 45.0 Å². The van der Waals surface area contributed by atoms with E-state index in [0.717, 1.165) is 21.2 Å². The first kappa shape index (κ1) is 17.9. The van der Waals surface area contributed by atoms with Crippen LogP contribution < -0.4 is 0 Å². The summed E-state index contributed by atoms with van der Waals surface area (Å²) < 4.78 is 1.02. The average molecular weight is 416 g/mol. The Morgan fingerprint density at radius 3 is 2.64 bits per heavy atom. The first-order valence-electron chi connectivity index (χ1n) is 7.94. The maximum absolute atomic E-state index is 12.5. The van der Waals surface area contributed by atoms with Crippen LogP contribution in [0.25, 0.3) is 0 Å². The molecule has 1 amide bonds. The van der Waals surface area contributed by atoms with Gasteiger partial charge in [0.05, 0.1) is 18.0 Å². The fourth-order valence-corrected chi connectivity index (χ4v) is 3.65. The SMILES string of the molecule is Cc1ccccc1CN1C(=O)C(C)SC1=NN=Cc1ccc(Br)cc1. The molecule has 0 aromatic heterocycles. The molecule has 2 aromatic carbocycles. The summed E-state index contributed by atoms with van der Waals surface area (Å²) in [6, 6.07) is 15.9. The first-order valence-corrected chi connectivity index (χ1v) is 9.61. The largest absolute Gasteiger partial charge is 0.284 e. The van der Waals surface area contributed by atoms with E-state index in [0.29, 0.717) is 11.7 Å². The fourth-order valence-electron chi connectivity index (χ4n) is 2.46. The van der Waals surface area contributed by atoms with Gasteiger partial charge >= 0.3 is 0 Å². The lowest BCUT2D eigenvalue weighted by atomic mass is 10.1. The summed E-state index contributed by atoms with van der Waals surface area (Å²) >= 11 is 4.86. The molecule has 4 nitrogen and oxygen atoms in total. The zero-order valence-electron chi connectivity index (χ0n) is 14.0.